The van der Waals surface area contributed by atoms with Gasteiger partial charge in [-0.05, 0) is 83.5 Å². The number of allylic oxidation sites excluding steroid dienone is 12. The Kier molecular flexibility index (Phi) is 66.6. The number of hydrogen-bond acceptors (Lipinski definition) is 6. The number of esters is 3. The van der Waals surface area contributed by atoms with Crippen LogP contribution in [-0.4, -0.2) is 37.2 Å². The van der Waals surface area contributed by atoms with Crippen LogP contribution in [0.3, 0.4) is 0 Å². The fourth-order valence-electron chi connectivity index (χ4n) is 10.4. The summed E-state index contributed by atoms with van der Waals surface area (Å²) in [6.07, 6.45) is 90.9. The van der Waals surface area contributed by atoms with Gasteiger partial charge in [-0.2, -0.15) is 0 Å². The van der Waals surface area contributed by atoms with E-state index in [9.17, 15) is 14.4 Å². The number of ether oxygens (including phenoxy) is 3. The largest absolute Gasteiger partial charge is 0.462 e. The van der Waals surface area contributed by atoms with Crippen molar-refractivity contribution >= 4 is 17.9 Å². The van der Waals surface area contributed by atoms with Gasteiger partial charge in [-0.1, -0.05) is 338 Å². The summed E-state index contributed by atoms with van der Waals surface area (Å²) in [5, 5.41) is 0. The van der Waals surface area contributed by atoms with E-state index in [1.165, 1.54) is 212 Å². The van der Waals surface area contributed by atoms with Gasteiger partial charge in [0.25, 0.3) is 0 Å². The zero-order valence-corrected chi connectivity index (χ0v) is 54.1. The number of unbranched alkanes of at least 4 members (excludes halogenated alkanes) is 42. The molecular weight excluding hydrogens is 997 g/mol. The highest BCUT2D eigenvalue weighted by atomic mass is 16.6. The van der Waals surface area contributed by atoms with Crippen LogP contribution in [0.2, 0.25) is 0 Å². The Balaban J connectivity index is 4.22. The third-order valence-corrected chi connectivity index (χ3v) is 15.7. The average molecular weight is 1130 g/mol. The van der Waals surface area contributed by atoms with Gasteiger partial charge < -0.3 is 14.2 Å². The molecule has 0 bridgehead atoms. The molecular formula is C75H134O6. The highest BCUT2D eigenvalue weighted by Gasteiger charge is 2.19. The van der Waals surface area contributed by atoms with Gasteiger partial charge >= 0.3 is 17.9 Å². The highest BCUT2D eigenvalue weighted by molar-refractivity contribution is 5.71. The van der Waals surface area contributed by atoms with Gasteiger partial charge in [0.05, 0.1) is 0 Å². The van der Waals surface area contributed by atoms with E-state index >= 15 is 0 Å². The summed E-state index contributed by atoms with van der Waals surface area (Å²) in [4.78, 5) is 38.4. The van der Waals surface area contributed by atoms with E-state index in [0.717, 1.165) is 116 Å². The molecule has 470 valence electrons. The van der Waals surface area contributed by atoms with Crippen LogP contribution in [0.1, 0.15) is 367 Å². The van der Waals surface area contributed by atoms with E-state index in [0.29, 0.717) is 19.3 Å². The maximum Gasteiger partial charge on any atom is 0.306 e. The molecule has 0 N–H and O–H groups in total. The lowest BCUT2D eigenvalue weighted by Gasteiger charge is -2.18. The molecule has 1 atom stereocenters. The van der Waals surface area contributed by atoms with Crippen LogP contribution in [-0.2, 0) is 28.6 Å². The van der Waals surface area contributed by atoms with Gasteiger partial charge in [0, 0.05) is 19.3 Å². The summed E-state index contributed by atoms with van der Waals surface area (Å²) in [5.41, 5.74) is 0. The second-order valence-electron chi connectivity index (χ2n) is 23.8. The Morgan fingerprint density at radius 1 is 0.259 bits per heavy atom. The monoisotopic (exact) mass is 1130 g/mol. The third kappa shape index (κ3) is 67.5. The fraction of sp³-hybridized carbons (Fsp3) is 0.800. The van der Waals surface area contributed by atoms with Gasteiger partial charge in [-0.3, -0.25) is 14.4 Å². The smallest absolute Gasteiger partial charge is 0.306 e. The van der Waals surface area contributed by atoms with E-state index in [-0.39, 0.29) is 31.1 Å². The van der Waals surface area contributed by atoms with Gasteiger partial charge in [-0.15, -0.1) is 0 Å². The van der Waals surface area contributed by atoms with Crippen LogP contribution < -0.4 is 0 Å². The number of carbonyl (C=O) groups excluding carboxylic acids is 3. The molecule has 81 heavy (non-hydrogen) atoms. The van der Waals surface area contributed by atoms with Gasteiger partial charge in [-0.25, -0.2) is 0 Å². The van der Waals surface area contributed by atoms with Crippen molar-refractivity contribution in [3.63, 3.8) is 0 Å². The first-order valence-corrected chi connectivity index (χ1v) is 35.4. The number of carbonyl (C=O) groups is 3. The number of hydrogen-bond donors (Lipinski definition) is 0. The Morgan fingerprint density at radius 2 is 0.506 bits per heavy atom. The lowest BCUT2D eigenvalue weighted by Crippen LogP contribution is -2.30. The Hall–Kier alpha value is -3.15. The van der Waals surface area contributed by atoms with E-state index in [1.54, 1.807) is 0 Å². The normalized spacial score (nSPS) is 12.5. The van der Waals surface area contributed by atoms with Crippen molar-refractivity contribution in [2.45, 2.75) is 374 Å². The molecule has 0 aromatic carbocycles. The summed E-state index contributed by atoms with van der Waals surface area (Å²) in [7, 11) is 0. The first-order chi connectivity index (χ1) is 40.0. The lowest BCUT2D eigenvalue weighted by atomic mass is 10.0. The first kappa shape index (κ1) is 77.9. The summed E-state index contributed by atoms with van der Waals surface area (Å²) < 4.78 is 17.0. The summed E-state index contributed by atoms with van der Waals surface area (Å²) >= 11 is 0. The van der Waals surface area contributed by atoms with E-state index < -0.39 is 6.10 Å². The molecule has 0 fully saturated rings. The summed E-state index contributed by atoms with van der Waals surface area (Å²) in [6, 6.07) is 0. The van der Waals surface area contributed by atoms with Crippen LogP contribution in [0.5, 0.6) is 0 Å². The Bertz CT molecular complexity index is 1490. The zero-order chi connectivity index (χ0) is 58.5. The molecule has 6 heteroatoms. The van der Waals surface area contributed by atoms with E-state index in [2.05, 4.69) is 93.7 Å². The average Bonchev–Trinajstić information content (AvgIpc) is 3.46. The van der Waals surface area contributed by atoms with Crippen LogP contribution in [0.25, 0.3) is 0 Å². The van der Waals surface area contributed by atoms with Crippen molar-refractivity contribution < 1.29 is 28.6 Å². The molecule has 0 aromatic heterocycles. The molecule has 0 saturated carbocycles. The predicted molar refractivity (Wildman–Crippen MR) is 353 cm³/mol. The molecule has 0 aromatic rings. The lowest BCUT2D eigenvalue weighted by molar-refractivity contribution is -0.167. The molecule has 6 nitrogen and oxygen atoms in total. The molecule has 0 amide bonds. The first-order valence-electron chi connectivity index (χ1n) is 35.4. The van der Waals surface area contributed by atoms with Crippen molar-refractivity contribution in [3.05, 3.63) is 72.9 Å². The molecule has 0 aliphatic carbocycles. The minimum Gasteiger partial charge on any atom is -0.462 e. The maximum absolute atomic E-state index is 12.9. The quantitative estimate of drug-likeness (QED) is 0.0261. The Morgan fingerprint density at radius 3 is 0.802 bits per heavy atom. The second-order valence-corrected chi connectivity index (χ2v) is 23.8. The van der Waals surface area contributed by atoms with Crippen molar-refractivity contribution in [1.29, 1.82) is 0 Å². The number of rotatable bonds is 65. The van der Waals surface area contributed by atoms with E-state index in [4.69, 9.17) is 14.2 Å². The van der Waals surface area contributed by atoms with Crippen LogP contribution >= 0.6 is 0 Å². The highest BCUT2D eigenvalue weighted by Crippen LogP contribution is 2.18. The molecule has 0 aliphatic heterocycles. The Labute approximate surface area is 503 Å². The molecule has 0 aliphatic rings. The van der Waals surface area contributed by atoms with Crippen LogP contribution in [0.4, 0.5) is 0 Å². The fourth-order valence-corrected chi connectivity index (χ4v) is 10.4. The zero-order valence-electron chi connectivity index (χ0n) is 54.1. The van der Waals surface area contributed by atoms with Crippen molar-refractivity contribution in [3.8, 4) is 0 Å². The summed E-state index contributed by atoms with van der Waals surface area (Å²) in [5.74, 6) is -0.884. The van der Waals surface area contributed by atoms with Crippen LogP contribution in [0, 0.1) is 0 Å². The molecule has 0 radical (unpaired) electrons. The third-order valence-electron chi connectivity index (χ3n) is 15.7. The van der Waals surface area contributed by atoms with Gasteiger partial charge in [0.2, 0.25) is 0 Å². The molecule has 0 saturated heterocycles. The van der Waals surface area contributed by atoms with Gasteiger partial charge in [0.15, 0.2) is 6.10 Å². The SMILES string of the molecule is CC/C=C\C/C=C\C/C=C\C/C=C\CCCCCCCCCCC(=O)OC(COC(=O)CCCCCCC/C=C\C/C=C\CCC)COC(=O)CCCCCCCCCCCCCCCCCCCCCCCCCCCCCCC. The molecule has 0 spiro atoms. The minimum atomic E-state index is -0.786. The van der Waals surface area contributed by atoms with Crippen LogP contribution in [0.15, 0.2) is 72.9 Å². The minimum absolute atomic E-state index is 0.0802. The maximum atomic E-state index is 12.9. The standard InChI is InChI=1S/C75H134O6/c1-4-7-10-13-16-19-22-25-27-29-31-33-34-35-36-37-38-39-40-42-43-45-47-50-53-56-59-62-65-68-74(77)80-71-72(70-79-73(76)67-64-61-58-55-52-49-24-21-18-15-12-9-6-3)81-75(78)69-66-63-60-57-54-51-48-46-44-41-32-30-28-26-23-20-17-14-11-8-5-2/h8,11-12,15,17,20-21,24,26,28,32,41,72H,4-7,9-10,13-14,16,18-19,22-23,25,27,29-31,33-40,42-71H2,1-3H3/b11-8-,15-12-,20-17-,24-21-,28-26-,41-32-. The van der Waals surface area contributed by atoms with Crippen molar-refractivity contribution in [2.75, 3.05) is 13.2 Å². The topological polar surface area (TPSA) is 78.9 Å². The molecule has 0 rings (SSSR count). The predicted octanol–water partition coefficient (Wildman–Crippen LogP) is 24.4. The molecule has 0 heterocycles. The van der Waals surface area contributed by atoms with Gasteiger partial charge in [0.1, 0.15) is 13.2 Å². The van der Waals surface area contributed by atoms with Crippen molar-refractivity contribution in [1.82, 2.24) is 0 Å². The van der Waals surface area contributed by atoms with E-state index in [1.807, 2.05) is 0 Å². The van der Waals surface area contributed by atoms with Crippen molar-refractivity contribution in [2.24, 2.45) is 0 Å². The summed E-state index contributed by atoms with van der Waals surface area (Å²) in [6.45, 7) is 6.50. The molecule has 1 unspecified atom stereocenters. The second kappa shape index (κ2) is 69.3.